The molecule has 10 nitrogen and oxygen atoms in total. The number of aromatic hydroxyl groups is 2. The Kier molecular flexibility index (Phi) is 13.4. The highest BCUT2D eigenvalue weighted by Crippen LogP contribution is 2.70. The molecule has 0 aromatic heterocycles. The Labute approximate surface area is 350 Å². The Morgan fingerprint density at radius 2 is 1.92 bits per heavy atom. The van der Waals surface area contributed by atoms with Gasteiger partial charge in [-0.3, -0.25) is 4.79 Å². The summed E-state index contributed by atoms with van der Waals surface area (Å²) in [6.07, 6.45) is 14.2. The molecule has 4 bridgehead atoms. The van der Waals surface area contributed by atoms with Crippen molar-refractivity contribution < 1.29 is 34.7 Å². The normalized spacial score (nSPS) is 29.5. The van der Waals surface area contributed by atoms with Gasteiger partial charge < -0.3 is 41.4 Å². The van der Waals surface area contributed by atoms with Gasteiger partial charge in [0, 0.05) is 49.5 Å². The van der Waals surface area contributed by atoms with E-state index in [4.69, 9.17) is 25.9 Å². The summed E-state index contributed by atoms with van der Waals surface area (Å²) in [6, 6.07) is 9.33. The molecule has 2 aromatic carbocycles. The van der Waals surface area contributed by atoms with Gasteiger partial charge in [0.05, 0.1) is 24.9 Å². The van der Waals surface area contributed by atoms with Crippen molar-refractivity contribution in [2.75, 3.05) is 20.3 Å². The number of aliphatic imine (C=N–C) groups is 1. The number of methoxy groups -OCH3 is 1. The fourth-order valence-corrected chi connectivity index (χ4v) is 12.0. The maximum absolute atomic E-state index is 13.8. The summed E-state index contributed by atoms with van der Waals surface area (Å²) in [6.45, 7) is 4.06. The number of carbonyl (C=O) groups excluding carboxylic acids is 1. The zero-order chi connectivity index (χ0) is 41.8. The topological polar surface area (TPSA) is 181 Å². The van der Waals surface area contributed by atoms with E-state index < -0.39 is 0 Å². The second kappa shape index (κ2) is 18.5. The monoisotopic (exact) mass is 807 g/mol. The van der Waals surface area contributed by atoms with Crippen LogP contribution >= 0.6 is 0 Å². The van der Waals surface area contributed by atoms with E-state index in [1.54, 1.807) is 19.3 Å². The first-order valence-corrected chi connectivity index (χ1v) is 22.1. The molecular weight excluding hydrogens is 743 g/mol. The Bertz CT molecular complexity index is 2000. The number of ketones is 1. The predicted octanol–water partition coefficient (Wildman–Crippen LogP) is 7.30. The molecule has 3 saturated carbocycles. The first kappa shape index (κ1) is 42.8. The molecule has 0 aliphatic heterocycles. The summed E-state index contributed by atoms with van der Waals surface area (Å²) < 4.78 is 13.2. The standard InChI is InChI=1S/C49H65N3O7/c1-4-30(18-20-53)34(28-54)24-37(56)16-15-32-26-43(59-38-12-5-6-13-38)47(57)45-39(32)14-8-10-35(52-48(50)51)22-33-25-41-40(31-9-7-11-36(55)23-31)21-29(2)27-49(41)19-17-42(58-3)44(33)46(45)49/h7,9,11,23-26,29-30,33,35,38,40,42,44,46,53-55,57H,4-6,10,12-13,15-22,27-28H2,1-3H3,(H4,50,51,52)/t29-,30-,33+,35-,40+,42-,44-,46+,49-/m0/s1. The van der Waals surface area contributed by atoms with Crippen LogP contribution in [-0.2, 0) is 16.0 Å². The molecule has 0 heterocycles. The Morgan fingerprint density at radius 1 is 1.12 bits per heavy atom. The van der Waals surface area contributed by atoms with Gasteiger partial charge in [-0.15, -0.1) is 0 Å². The highest BCUT2D eigenvalue weighted by atomic mass is 16.5. The second-order valence-corrected chi connectivity index (χ2v) is 18.1. The number of hydrogen-bond acceptors (Lipinski definition) is 8. The van der Waals surface area contributed by atoms with Gasteiger partial charge in [-0.2, -0.15) is 0 Å². The van der Waals surface area contributed by atoms with Gasteiger partial charge in [-0.05, 0) is 147 Å². The Hall–Kier alpha value is -4.30. The molecule has 8 N–H and O–H groups in total. The van der Waals surface area contributed by atoms with Crippen molar-refractivity contribution in [1.82, 2.24) is 0 Å². The molecule has 1 spiro atoms. The number of carbonyl (C=O) groups is 1. The van der Waals surface area contributed by atoms with E-state index in [1.807, 2.05) is 25.1 Å². The van der Waals surface area contributed by atoms with Crippen molar-refractivity contribution in [3.63, 3.8) is 0 Å². The average Bonchev–Trinajstić information content (AvgIpc) is 3.72. The van der Waals surface area contributed by atoms with E-state index in [0.29, 0.717) is 49.3 Å². The summed E-state index contributed by atoms with van der Waals surface area (Å²) in [5.74, 6) is 7.78. The summed E-state index contributed by atoms with van der Waals surface area (Å²) in [7, 11) is 1.80. The molecular formula is C49H65N3O7. The molecule has 0 amide bonds. The molecule has 7 rings (SSSR count). The van der Waals surface area contributed by atoms with Crippen molar-refractivity contribution in [3.8, 4) is 29.1 Å². The van der Waals surface area contributed by atoms with Crippen molar-refractivity contribution in [1.29, 1.82) is 0 Å². The Morgan fingerprint density at radius 3 is 2.61 bits per heavy atom. The third-order valence-electron chi connectivity index (χ3n) is 14.4. The number of hydrogen-bond donors (Lipinski definition) is 6. The van der Waals surface area contributed by atoms with Gasteiger partial charge in [-0.25, -0.2) is 4.99 Å². The predicted molar refractivity (Wildman–Crippen MR) is 230 cm³/mol. The number of phenols is 2. The van der Waals surface area contributed by atoms with Crippen LogP contribution in [0.2, 0.25) is 0 Å². The maximum Gasteiger partial charge on any atom is 0.186 e. The number of benzene rings is 2. The molecule has 0 unspecified atom stereocenters. The van der Waals surface area contributed by atoms with Gasteiger partial charge in [0.1, 0.15) is 5.75 Å². The minimum atomic E-state index is -0.359. The van der Waals surface area contributed by atoms with E-state index in [0.717, 1.165) is 73.6 Å². The third kappa shape index (κ3) is 8.80. The quantitative estimate of drug-likeness (QED) is 0.0375. The van der Waals surface area contributed by atoms with E-state index >= 15 is 0 Å². The van der Waals surface area contributed by atoms with Gasteiger partial charge in [0.15, 0.2) is 23.2 Å². The van der Waals surface area contributed by atoms with Crippen LogP contribution in [0, 0.1) is 40.9 Å². The number of guanidine groups is 1. The van der Waals surface area contributed by atoms with E-state index in [-0.39, 0.29) is 96.1 Å². The molecule has 3 fully saturated rings. The van der Waals surface area contributed by atoms with Crippen LogP contribution in [0.25, 0.3) is 0 Å². The van der Waals surface area contributed by atoms with Crippen molar-refractivity contribution in [3.05, 3.63) is 75.9 Å². The number of aliphatic hydroxyl groups is 2. The molecule has 5 aliphatic rings. The number of allylic oxidation sites excluding steroid dienone is 3. The zero-order valence-electron chi connectivity index (χ0n) is 35.2. The number of nitrogens with two attached hydrogens (primary N) is 2. The second-order valence-electron chi connectivity index (χ2n) is 18.1. The summed E-state index contributed by atoms with van der Waals surface area (Å²) in [5, 5.41) is 43.5. The van der Waals surface area contributed by atoms with E-state index in [2.05, 4.69) is 30.9 Å². The first-order valence-electron chi connectivity index (χ1n) is 22.1. The summed E-state index contributed by atoms with van der Waals surface area (Å²) >= 11 is 0. The number of ether oxygens (including phenoxy) is 2. The Balaban J connectivity index is 1.45. The lowest BCUT2D eigenvalue weighted by atomic mass is 9.43. The van der Waals surface area contributed by atoms with Crippen molar-refractivity contribution in [2.45, 2.75) is 134 Å². The fourth-order valence-electron chi connectivity index (χ4n) is 12.0. The zero-order valence-corrected chi connectivity index (χ0v) is 35.2. The SMILES string of the molecule is CC[C@@H](CCO)C(=CC(=O)CCc1cc(OC2CCCC2)c(O)c2c1C#CC[C@H](N=C(N)N)C[C@@H]1C=C3[C@@H](c4cccc(O)c4)C[C@H](C)C[C@@]34CC[C@H](OC)[C@H]1[C@H]24)CO. The molecule has 2 aromatic rings. The smallest absolute Gasteiger partial charge is 0.186 e. The molecule has 10 heteroatoms. The summed E-state index contributed by atoms with van der Waals surface area (Å²) in [5.41, 5.74) is 17.2. The maximum atomic E-state index is 13.8. The van der Waals surface area contributed by atoms with Gasteiger partial charge in [0.25, 0.3) is 0 Å². The minimum absolute atomic E-state index is 0.0150. The fraction of sp³-hybridized carbons (Fsp3) is 0.592. The van der Waals surface area contributed by atoms with Crippen LogP contribution in [0.15, 0.2) is 58.6 Å². The highest BCUT2D eigenvalue weighted by Gasteiger charge is 2.61. The number of aryl methyl sites for hydroxylation is 1. The van der Waals surface area contributed by atoms with E-state index in [9.17, 15) is 25.2 Å². The minimum Gasteiger partial charge on any atom is -0.508 e. The number of aliphatic hydroxyl groups excluding tert-OH is 2. The molecule has 318 valence electrons. The number of fused-ring (bicyclic) bond motifs is 1. The summed E-state index contributed by atoms with van der Waals surface area (Å²) in [4.78, 5) is 18.5. The van der Waals surface area contributed by atoms with Crippen LogP contribution in [0.4, 0.5) is 0 Å². The third-order valence-corrected chi connectivity index (χ3v) is 14.4. The molecule has 9 atom stereocenters. The highest BCUT2D eigenvalue weighted by molar-refractivity contribution is 5.90. The van der Waals surface area contributed by atoms with Crippen LogP contribution in [0.3, 0.4) is 0 Å². The van der Waals surface area contributed by atoms with Gasteiger partial charge >= 0.3 is 0 Å². The van der Waals surface area contributed by atoms with Gasteiger partial charge in [0.2, 0.25) is 0 Å². The van der Waals surface area contributed by atoms with Crippen LogP contribution < -0.4 is 16.2 Å². The lowest BCUT2D eigenvalue weighted by Gasteiger charge is -2.62. The average molecular weight is 808 g/mol. The van der Waals surface area contributed by atoms with Crippen LogP contribution in [0.1, 0.15) is 131 Å². The molecule has 0 radical (unpaired) electrons. The lowest BCUT2D eigenvalue weighted by molar-refractivity contribution is -0.114. The number of phenolic OH excluding ortho intramolecular Hbond substituents is 2. The first-order chi connectivity index (χ1) is 28.5. The number of nitrogens with zero attached hydrogens (tertiary/aromatic N) is 1. The number of rotatable bonds is 14. The molecule has 0 saturated heterocycles. The molecule has 5 aliphatic carbocycles. The largest absolute Gasteiger partial charge is 0.508 e. The van der Waals surface area contributed by atoms with Crippen molar-refractivity contribution >= 4 is 11.7 Å². The van der Waals surface area contributed by atoms with Crippen LogP contribution in [0.5, 0.6) is 17.2 Å². The van der Waals surface area contributed by atoms with Crippen molar-refractivity contribution in [2.24, 2.45) is 45.5 Å². The lowest BCUT2D eigenvalue weighted by Crippen LogP contribution is -2.54. The molecule has 59 heavy (non-hydrogen) atoms. The van der Waals surface area contributed by atoms with Gasteiger partial charge in [-0.1, -0.05) is 49.5 Å². The van der Waals surface area contributed by atoms with E-state index in [1.165, 1.54) is 5.57 Å². The van der Waals surface area contributed by atoms with Crippen LogP contribution in [-0.4, -0.2) is 70.7 Å².